The molecule has 5 aliphatic rings. The predicted octanol–water partition coefficient (Wildman–Crippen LogP) is 6.68. The summed E-state index contributed by atoms with van der Waals surface area (Å²) in [6, 6.07) is 2.21. The molecule has 8 atom stereocenters. The number of alkyl halides is 3. The van der Waals surface area contributed by atoms with Crippen LogP contribution in [0.2, 0.25) is 0 Å². The first-order valence-electron chi connectivity index (χ1n) is 15.1. The smallest absolute Gasteiger partial charge is 0.387 e. The summed E-state index contributed by atoms with van der Waals surface area (Å²) in [5.74, 6) is -1.43. The van der Waals surface area contributed by atoms with Crippen LogP contribution in [0.1, 0.15) is 93.4 Å². The highest BCUT2D eigenvalue weighted by atomic mass is 19.4. The average Bonchev–Trinajstić information content (AvgIpc) is 2.85. The van der Waals surface area contributed by atoms with Gasteiger partial charge >= 0.3 is 6.18 Å². The van der Waals surface area contributed by atoms with E-state index >= 15 is 0 Å². The lowest BCUT2D eigenvalue weighted by Crippen LogP contribution is -2.66. The lowest BCUT2D eigenvalue weighted by atomic mass is 9.34. The number of hydrogen-bond acceptors (Lipinski definition) is 4. The zero-order valence-corrected chi connectivity index (χ0v) is 25.5. The van der Waals surface area contributed by atoms with Crippen molar-refractivity contribution in [3.05, 3.63) is 23.3 Å². The van der Waals surface area contributed by atoms with Gasteiger partial charge in [0.05, 0.1) is 23.2 Å². The summed E-state index contributed by atoms with van der Waals surface area (Å²) in [5, 5.41) is 23.2. The van der Waals surface area contributed by atoms with Gasteiger partial charge in [0.25, 0.3) is 0 Å². The summed E-state index contributed by atoms with van der Waals surface area (Å²) in [4.78, 5) is 28.1. The molecule has 1 amide bonds. The number of nitrogens with zero attached hydrogens (tertiary/aromatic N) is 1. The van der Waals surface area contributed by atoms with Gasteiger partial charge in [-0.3, -0.25) is 9.59 Å². The van der Waals surface area contributed by atoms with Crippen LogP contribution >= 0.6 is 0 Å². The molecule has 5 aliphatic carbocycles. The van der Waals surface area contributed by atoms with Crippen molar-refractivity contribution in [2.45, 2.75) is 106 Å². The number of fused-ring (bicyclic) bond motifs is 7. The van der Waals surface area contributed by atoms with Crippen molar-refractivity contribution in [1.29, 1.82) is 5.26 Å². The van der Waals surface area contributed by atoms with Gasteiger partial charge in [-0.1, -0.05) is 60.1 Å². The van der Waals surface area contributed by atoms with Crippen LogP contribution in [0.3, 0.4) is 0 Å². The first kappa shape index (κ1) is 30.3. The molecule has 0 aliphatic heterocycles. The number of carbonyl (C=O) groups is 2. The van der Waals surface area contributed by atoms with Crippen molar-refractivity contribution in [1.82, 2.24) is 5.32 Å². The Bertz CT molecular complexity index is 1280. The quantitative estimate of drug-likeness (QED) is 0.385. The Labute approximate surface area is 242 Å². The Balaban J connectivity index is 1.64. The van der Waals surface area contributed by atoms with Crippen molar-refractivity contribution in [3.8, 4) is 6.07 Å². The number of allylic oxidation sites excluding steroid dienone is 3. The maximum absolute atomic E-state index is 14.4. The Kier molecular flexibility index (Phi) is 6.61. The number of aliphatic hydroxyl groups is 1. The minimum atomic E-state index is -4.50. The van der Waals surface area contributed by atoms with E-state index < -0.39 is 57.7 Å². The Morgan fingerprint density at radius 2 is 1.71 bits per heavy atom. The molecule has 0 bridgehead atoms. The molecular weight excluding hydrogens is 529 g/mol. The van der Waals surface area contributed by atoms with Crippen LogP contribution in [0.25, 0.3) is 0 Å². The number of ketones is 1. The van der Waals surface area contributed by atoms with Gasteiger partial charge in [0.2, 0.25) is 5.91 Å². The molecular formula is C33H45F3N2O3. The molecule has 8 heteroatoms. The summed E-state index contributed by atoms with van der Waals surface area (Å²) < 4.78 is 39.4. The van der Waals surface area contributed by atoms with E-state index in [1.54, 1.807) is 6.08 Å². The number of aliphatic hydroxyl groups excluding tert-OH is 1. The number of carbonyl (C=O) groups excluding carboxylic acids is 2. The highest BCUT2D eigenvalue weighted by molar-refractivity contribution is 5.96. The SMILES string of the molecule is CC1(C)CCC2(C(=O)NCC(F)(F)F)CCC3(C)C(C(=O)C=C4C5(C)C=C(C#N)C(O)C(C)(C)C5CCC43C)C2C1. The molecule has 0 aromatic heterocycles. The number of rotatable bonds is 2. The maximum Gasteiger partial charge on any atom is 0.405 e. The lowest BCUT2D eigenvalue weighted by Gasteiger charge is -2.69. The fourth-order valence-electron chi connectivity index (χ4n) is 10.6. The van der Waals surface area contributed by atoms with Gasteiger partial charge in [-0.15, -0.1) is 0 Å². The second kappa shape index (κ2) is 8.94. The largest absolute Gasteiger partial charge is 0.405 e. The molecule has 8 unspecified atom stereocenters. The third kappa shape index (κ3) is 4.11. The van der Waals surface area contributed by atoms with E-state index in [4.69, 9.17) is 0 Å². The molecule has 0 spiro atoms. The summed E-state index contributed by atoms with van der Waals surface area (Å²) >= 11 is 0. The topological polar surface area (TPSA) is 90.2 Å². The monoisotopic (exact) mass is 574 g/mol. The molecule has 0 heterocycles. The van der Waals surface area contributed by atoms with E-state index in [0.717, 1.165) is 24.8 Å². The minimum Gasteiger partial charge on any atom is -0.387 e. The Morgan fingerprint density at radius 3 is 2.32 bits per heavy atom. The number of halogens is 3. The molecule has 0 radical (unpaired) electrons. The van der Waals surface area contributed by atoms with Crippen LogP contribution in [0.5, 0.6) is 0 Å². The molecule has 226 valence electrons. The minimum absolute atomic E-state index is 0.0267. The van der Waals surface area contributed by atoms with E-state index in [2.05, 4.69) is 46.0 Å². The Morgan fingerprint density at radius 1 is 1.07 bits per heavy atom. The summed E-state index contributed by atoms with van der Waals surface area (Å²) in [6.45, 7) is 13.4. The van der Waals surface area contributed by atoms with Gasteiger partial charge in [0, 0.05) is 11.3 Å². The molecule has 0 aromatic carbocycles. The maximum atomic E-state index is 14.4. The van der Waals surface area contributed by atoms with Crippen LogP contribution < -0.4 is 5.32 Å². The predicted molar refractivity (Wildman–Crippen MR) is 149 cm³/mol. The summed E-state index contributed by atoms with van der Waals surface area (Å²) in [6.07, 6.45) is 2.72. The number of nitrogens with one attached hydrogen (secondary N) is 1. The normalized spacial score (nSPS) is 44.6. The van der Waals surface area contributed by atoms with E-state index in [9.17, 15) is 33.1 Å². The molecule has 41 heavy (non-hydrogen) atoms. The van der Waals surface area contributed by atoms with Crippen LogP contribution in [0.4, 0.5) is 13.2 Å². The van der Waals surface area contributed by atoms with Gasteiger partial charge in [-0.05, 0) is 84.5 Å². The third-order valence-corrected chi connectivity index (χ3v) is 13.0. The third-order valence-electron chi connectivity index (χ3n) is 13.0. The average molecular weight is 575 g/mol. The number of nitriles is 1. The number of hydrogen-bond donors (Lipinski definition) is 2. The molecule has 3 fully saturated rings. The van der Waals surface area contributed by atoms with Crippen LogP contribution in [-0.4, -0.2) is 35.6 Å². The van der Waals surface area contributed by atoms with Crippen LogP contribution in [-0.2, 0) is 9.59 Å². The first-order chi connectivity index (χ1) is 18.7. The standard InChI is InChI=1S/C33H45F3N2O3/c1-27(2)10-12-32(26(41)38-18-33(34,35)36)13-11-31(7)24(20(32)16-27)21(39)14-23-29(5)15-19(17-37)25(40)28(3,4)22(29)8-9-30(23,31)6/h14-15,20,22,24-25,40H,8-13,16,18H2,1-7H3,(H,38,41). The van der Waals surface area contributed by atoms with Gasteiger partial charge in [0.1, 0.15) is 6.54 Å². The summed E-state index contributed by atoms with van der Waals surface area (Å²) in [5.41, 5.74) is -1.90. The van der Waals surface area contributed by atoms with Crippen molar-refractivity contribution < 1.29 is 27.9 Å². The number of amides is 1. The van der Waals surface area contributed by atoms with Crippen LogP contribution in [0, 0.1) is 61.6 Å². The van der Waals surface area contributed by atoms with Gasteiger partial charge in [-0.25, -0.2) is 0 Å². The Hall–Kier alpha value is -2.14. The lowest BCUT2D eigenvalue weighted by molar-refractivity contribution is -0.182. The van der Waals surface area contributed by atoms with Gasteiger partial charge in [-0.2, -0.15) is 18.4 Å². The van der Waals surface area contributed by atoms with E-state index in [1.807, 2.05) is 19.9 Å². The van der Waals surface area contributed by atoms with Crippen LogP contribution in [0.15, 0.2) is 23.3 Å². The van der Waals surface area contributed by atoms with Gasteiger partial charge in [0.15, 0.2) is 5.78 Å². The fourth-order valence-corrected chi connectivity index (χ4v) is 10.6. The van der Waals surface area contributed by atoms with E-state index in [0.29, 0.717) is 31.3 Å². The van der Waals surface area contributed by atoms with Crippen molar-refractivity contribution in [3.63, 3.8) is 0 Å². The second-order valence-electron chi connectivity index (χ2n) is 15.9. The van der Waals surface area contributed by atoms with E-state index in [-0.39, 0.29) is 23.0 Å². The zero-order valence-electron chi connectivity index (χ0n) is 25.5. The summed E-state index contributed by atoms with van der Waals surface area (Å²) in [7, 11) is 0. The van der Waals surface area contributed by atoms with Gasteiger partial charge < -0.3 is 10.4 Å². The molecule has 0 saturated heterocycles. The van der Waals surface area contributed by atoms with Crippen molar-refractivity contribution in [2.24, 2.45) is 50.2 Å². The zero-order chi connectivity index (χ0) is 30.6. The second-order valence-corrected chi connectivity index (χ2v) is 15.9. The molecule has 3 saturated carbocycles. The van der Waals surface area contributed by atoms with Crippen molar-refractivity contribution in [2.75, 3.05) is 6.54 Å². The first-order valence-corrected chi connectivity index (χ1v) is 15.1. The molecule has 5 rings (SSSR count). The molecule has 5 nitrogen and oxygen atoms in total. The highest BCUT2D eigenvalue weighted by Crippen LogP contribution is 2.74. The van der Waals surface area contributed by atoms with E-state index in [1.165, 1.54) is 0 Å². The fraction of sp³-hybridized carbons (Fsp3) is 0.788. The molecule has 2 N–H and O–H groups in total. The molecule has 0 aromatic rings. The highest BCUT2D eigenvalue weighted by Gasteiger charge is 2.70. The van der Waals surface area contributed by atoms with Crippen molar-refractivity contribution >= 4 is 11.7 Å².